The number of aryl methyl sites for hydroxylation is 1. The molecule has 0 aliphatic heterocycles. The van der Waals surface area contributed by atoms with E-state index < -0.39 is 10.0 Å². The first kappa shape index (κ1) is 13.7. The lowest BCUT2D eigenvalue weighted by atomic mass is 10.3. The van der Waals surface area contributed by atoms with Crippen LogP contribution >= 0.6 is 0 Å². The van der Waals surface area contributed by atoms with Crippen molar-refractivity contribution in [2.45, 2.75) is 6.92 Å². The highest BCUT2D eigenvalue weighted by Gasteiger charge is 2.12. The summed E-state index contributed by atoms with van der Waals surface area (Å²) in [6.45, 7) is 2.12. The Bertz CT molecular complexity index is 485. The molecule has 3 N–H and O–H groups in total. The SMILES string of the molecule is Cc1nc(NCCS(=O)(=O)N(C)C)ccc1N. The third-order valence-corrected chi connectivity index (χ3v) is 4.18. The van der Waals surface area contributed by atoms with E-state index in [9.17, 15) is 8.42 Å². The van der Waals surface area contributed by atoms with Crippen molar-refractivity contribution < 1.29 is 8.42 Å². The summed E-state index contributed by atoms with van der Waals surface area (Å²) in [4.78, 5) is 4.19. The molecule has 0 fully saturated rings. The fraction of sp³-hybridized carbons (Fsp3) is 0.500. The first-order valence-electron chi connectivity index (χ1n) is 5.20. The summed E-state index contributed by atoms with van der Waals surface area (Å²) in [7, 11) is -0.139. The van der Waals surface area contributed by atoms with Gasteiger partial charge in [-0.05, 0) is 19.1 Å². The van der Waals surface area contributed by atoms with Crippen LogP contribution in [0.4, 0.5) is 11.5 Å². The molecule has 0 aromatic carbocycles. The van der Waals surface area contributed by atoms with Crippen molar-refractivity contribution in [2.75, 3.05) is 37.4 Å². The Morgan fingerprint density at radius 1 is 1.41 bits per heavy atom. The Kier molecular flexibility index (Phi) is 4.30. The summed E-state index contributed by atoms with van der Waals surface area (Å²) in [6, 6.07) is 3.47. The zero-order valence-electron chi connectivity index (χ0n) is 10.3. The zero-order valence-corrected chi connectivity index (χ0v) is 11.1. The van der Waals surface area contributed by atoms with Crippen LogP contribution in [0.1, 0.15) is 5.69 Å². The average Bonchev–Trinajstić information content (AvgIpc) is 2.23. The molecule has 0 aliphatic carbocycles. The molecule has 0 aliphatic rings. The van der Waals surface area contributed by atoms with Gasteiger partial charge in [-0.15, -0.1) is 0 Å². The van der Waals surface area contributed by atoms with E-state index >= 15 is 0 Å². The monoisotopic (exact) mass is 258 g/mol. The first-order chi connectivity index (χ1) is 7.83. The molecule has 0 atom stereocenters. The van der Waals surface area contributed by atoms with Gasteiger partial charge in [-0.3, -0.25) is 0 Å². The normalized spacial score (nSPS) is 11.8. The van der Waals surface area contributed by atoms with Crippen LogP contribution in [0.2, 0.25) is 0 Å². The number of hydrogen-bond acceptors (Lipinski definition) is 5. The number of nitrogens with zero attached hydrogens (tertiary/aromatic N) is 2. The van der Waals surface area contributed by atoms with E-state index in [1.807, 2.05) is 0 Å². The van der Waals surface area contributed by atoms with Gasteiger partial charge in [0.15, 0.2) is 0 Å². The van der Waals surface area contributed by atoms with Gasteiger partial charge in [0, 0.05) is 20.6 Å². The molecule has 17 heavy (non-hydrogen) atoms. The minimum absolute atomic E-state index is 0.0328. The van der Waals surface area contributed by atoms with Crippen LogP contribution in [0.5, 0.6) is 0 Å². The number of nitrogen functional groups attached to an aromatic ring is 1. The lowest BCUT2D eigenvalue weighted by Gasteiger charge is -2.12. The fourth-order valence-corrected chi connectivity index (χ4v) is 1.89. The van der Waals surface area contributed by atoms with Gasteiger partial charge in [-0.2, -0.15) is 0 Å². The Labute approximate surface area is 102 Å². The predicted molar refractivity (Wildman–Crippen MR) is 69.3 cm³/mol. The maximum Gasteiger partial charge on any atom is 0.215 e. The number of nitrogens with one attached hydrogen (secondary N) is 1. The van der Waals surface area contributed by atoms with Gasteiger partial charge in [0.25, 0.3) is 0 Å². The van der Waals surface area contributed by atoms with Crippen molar-refractivity contribution >= 4 is 21.5 Å². The van der Waals surface area contributed by atoms with Crippen molar-refractivity contribution in [3.05, 3.63) is 17.8 Å². The molecule has 1 rings (SSSR count). The van der Waals surface area contributed by atoms with Crippen molar-refractivity contribution in [2.24, 2.45) is 0 Å². The molecule has 1 aromatic heterocycles. The molecule has 0 saturated carbocycles. The predicted octanol–water partition coefficient (Wildman–Crippen LogP) is 0.276. The molecule has 7 heteroatoms. The highest BCUT2D eigenvalue weighted by molar-refractivity contribution is 7.89. The topological polar surface area (TPSA) is 88.3 Å². The minimum Gasteiger partial charge on any atom is -0.397 e. The Balaban J connectivity index is 2.55. The minimum atomic E-state index is -3.17. The molecule has 0 spiro atoms. The number of nitrogens with two attached hydrogens (primary N) is 1. The van der Waals surface area contributed by atoms with E-state index in [-0.39, 0.29) is 5.75 Å². The number of aromatic nitrogens is 1. The van der Waals surface area contributed by atoms with Crippen LogP contribution < -0.4 is 11.1 Å². The third kappa shape index (κ3) is 3.86. The standard InChI is InChI=1S/C10H18N4O2S/c1-8-9(11)4-5-10(13-8)12-6-7-17(15,16)14(2)3/h4-5H,6-7,11H2,1-3H3,(H,12,13). The van der Waals surface area contributed by atoms with Crippen LogP contribution in [0.15, 0.2) is 12.1 Å². The summed E-state index contributed by atoms with van der Waals surface area (Å²) < 4.78 is 24.2. The third-order valence-electron chi connectivity index (χ3n) is 2.35. The molecule has 0 radical (unpaired) electrons. The molecule has 0 amide bonds. The molecule has 0 bridgehead atoms. The number of sulfonamides is 1. The second-order valence-electron chi connectivity index (χ2n) is 3.90. The van der Waals surface area contributed by atoms with Crippen molar-refractivity contribution in [3.63, 3.8) is 0 Å². The summed E-state index contributed by atoms with van der Waals surface area (Å²) in [5.41, 5.74) is 6.98. The lowest BCUT2D eigenvalue weighted by Crippen LogP contribution is -2.28. The van der Waals surface area contributed by atoms with Gasteiger partial charge in [0.1, 0.15) is 5.82 Å². The second-order valence-corrected chi connectivity index (χ2v) is 6.20. The number of hydrogen-bond donors (Lipinski definition) is 2. The summed E-state index contributed by atoms with van der Waals surface area (Å²) in [6.07, 6.45) is 0. The quantitative estimate of drug-likeness (QED) is 0.791. The smallest absolute Gasteiger partial charge is 0.215 e. The van der Waals surface area contributed by atoms with Gasteiger partial charge in [0.2, 0.25) is 10.0 Å². The average molecular weight is 258 g/mol. The maximum absolute atomic E-state index is 11.5. The van der Waals surface area contributed by atoms with Crippen LogP contribution in [0.3, 0.4) is 0 Å². The zero-order chi connectivity index (χ0) is 13.1. The summed E-state index contributed by atoms with van der Waals surface area (Å²) in [5, 5.41) is 2.95. The van der Waals surface area contributed by atoms with Crippen LogP contribution in [-0.4, -0.2) is 44.1 Å². The van der Waals surface area contributed by atoms with Gasteiger partial charge in [-0.25, -0.2) is 17.7 Å². The Morgan fingerprint density at radius 2 is 2.06 bits per heavy atom. The molecule has 1 aromatic rings. The van der Waals surface area contributed by atoms with Crippen LogP contribution in [0.25, 0.3) is 0 Å². The summed E-state index contributed by atoms with van der Waals surface area (Å²) in [5.74, 6) is 0.663. The van der Waals surface area contributed by atoms with E-state index in [1.165, 1.54) is 18.4 Å². The highest BCUT2D eigenvalue weighted by atomic mass is 32.2. The van der Waals surface area contributed by atoms with Crippen LogP contribution in [-0.2, 0) is 10.0 Å². The van der Waals surface area contributed by atoms with Crippen molar-refractivity contribution in [1.82, 2.24) is 9.29 Å². The fourth-order valence-electron chi connectivity index (χ4n) is 1.16. The van der Waals surface area contributed by atoms with Crippen molar-refractivity contribution in [1.29, 1.82) is 0 Å². The number of pyridine rings is 1. The lowest BCUT2D eigenvalue weighted by molar-refractivity contribution is 0.521. The van der Waals surface area contributed by atoms with E-state index in [1.54, 1.807) is 19.1 Å². The molecular weight excluding hydrogens is 240 g/mol. The van der Waals surface area contributed by atoms with E-state index in [2.05, 4.69) is 10.3 Å². The number of anilines is 2. The molecule has 0 unspecified atom stereocenters. The maximum atomic E-state index is 11.5. The first-order valence-corrected chi connectivity index (χ1v) is 6.81. The Morgan fingerprint density at radius 3 is 2.59 bits per heavy atom. The highest BCUT2D eigenvalue weighted by Crippen LogP contribution is 2.11. The van der Waals surface area contributed by atoms with Crippen molar-refractivity contribution in [3.8, 4) is 0 Å². The van der Waals surface area contributed by atoms with E-state index in [0.717, 1.165) is 5.69 Å². The van der Waals surface area contributed by atoms with Gasteiger partial charge in [0.05, 0.1) is 17.1 Å². The summed E-state index contributed by atoms with van der Waals surface area (Å²) >= 11 is 0. The van der Waals surface area contributed by atoms with Gasteiger partial charge < -0.3 is 11.1 Å². The Hall–Kier alpha value is -1.34. The molecule has 1 heterocycles. The second kappa shape index (κ2) is 5.33. The molecular formula is C10H18N4O2S. The largest absolute Gasteiger partial charge is 0.397 e. The van der Waals surface area contributed by atoms with E-state index in [0.29, 0.717) is 18.1 Å². The molecule has 6 nitrogen and oxygen atoms in total. The molecule has 0 saturated heterocycles. The van der Waals surface area contributed by atoms with E-state index in [4.69, 9.17) is 5.73 Å². The van der Waals surface area contributed by atoms with Crippen LogP contribution in [0, 0.1) is 6.92 Å². The van der Waals surface area contributed by atoms with Gasteiger partial charge >= 0.3 is 0 Å². The van der Waals surface area contributed by atoms with Gasteiger partial charge in [-0.1, -0.05) is 0 Å². The number of rotatable bonds is 5. The molecule has 96 valence electrons.